The Hall–Kier alpha value is -5.61. The largest absolute Gasteiger partial charge is 0.361 e. The first-order chi connectivity index (χ1) is 22.5. The molecule has 3 aliphatic rings. The molecule has 0 saturated heterocycles. The van der Waals surface area contributed by atoms with Gasteiger partial charge in [0.2, 0.25) is 0 Å². The van der Waals surface area contributed by atoms with E-state index in [0.29, 0.717) is 5.71 Å². The third kappa shape index (κ3) is 4.83. The van der Waals surface area contributed by atoms with Gasteiger partial charge in [-0.3, -0.25) is 0 Å². The molecule has 2 aliphatic carbocycles. The van der Waals surface area contributed by atoms with Crippen LogP contribution < -0.4 is 20.8 Å². The molecule has 0 saturated carbocycles. The Kier molecular flexibility index (Phi) is 6.72. The van der Waals surface area contributed by atoms with E-state index in [1.165, 1.54) is 27.9 Å². The zero-order valence-electron chi connectivity index (χ0n) is 26.2. The highest BCUT2D eigenvalue weighted by molar-refractivity contribution is 6.24. The molecule has 1 aliphatic heterocycles. The molecule has 0 spiro atoms. The smallest absolute Gasteiger partial charge is 0.0648 e. The van der Waals surface area contributed by atoms with Gasteiger partial charge in [0, 0.05) is 57.2 Å². The monoisotopic (exact) mass is 596 g/mol. The van der Waals surface area contributed by atoms with Crippen molar-refractivity contribution in [2.45, 2.75) is 32.1 Å². The van der Waals surface area contributed by atoms with Crippen LogP contribution in [0.25, 0.3) is 28.7 Å². The number of anilines is 3. The van der Waals surface area contributed by atoms with Crippen molar-refractivity contribution < 1.29 is 0 Å². The summed E-state index contributed by atoms with van der Waals surface area (Å²) in [5.74, 6) is 0. The number of nitrogens with one attached hydrogen (secondary N) is 2. The number of hydrogen-bond donors (Lipinski definition) is 2. The number of fused-ring (bicyclic) bond motifs is 6. The average molecular weight is 597 g/mol. The first-order valence-corrected chi connectivity index (χ1v) is 16.0. The van der Waals surface area contributed by atoms with Crippen molar-refractivity contribution in [3.8, 4) is 5.69 Å². The van der Waals surface area contributed by atoms with E-state index in [1.54, 1.807) is 0 Å². The molecule has 4 heteroatoms. The SMILES string of the molecule is CC1(C)CC2=CC=CC=C(C2)N(c2ccc(-n3c4c(c5ccccc53)=C/C(=C/Nc3ccccc3)C(=N)C=4)cc2)c2ccccc21. The molecule has 2 N–H and O–H groups in total. The van der Waals surface area contributed by atoms with E-state index >= 15 is 0 Å². The van der Waals surface area contributed by atoms with E-state index in [9.17, 15) is 0 Å². The van der Waals surface area contributed by atoms with Crippen molar-refractivity contribution in [1.82, 2.24) is 4.57 Å². The molecule has 4 nitrogen and oxygen atoms in total. The van der Waals surface area contributed by atoms with Gasteiger partial charge in [-0.05, 0) is 84.2 Å². The van der Waals surface area contributed by atoms with Gasteiger partial charge in [-0.25, -0.2) is 0 Å². The van der Waals surface area contributed by atoms with Gasteiger partial charge in [-0.1, -0.05) is 92.2 Å². The van der Waals surface area contributed by atoms with Crippen LogP contribution in [0, 0.1) is 5.41 Å². The molecule has 224 valence electrons. The molecule has 0 atom stereocenters. The second-order valence-corrected chi connectivity index (χ2v) is 12.9. The van der Waals surface area contributed by atoms with Gasteiger partial charge in [0.25, 0.3) is 0 Å². The Morgan fingerprint density at radius 3 is 2.33 bits per heavy atom. The zero-order chi connectivity index (χ0) is 31.3. The Balaban J connectivity index is 1.24. The average Bonchev–Trinajstić information content (AvgIpc) is 3.19. The predicted molar refractivity (Wildman–Crippen MR) is 193 cm³/mol. The third-order valence-electron chi connectivity index (χ3n) is 9.35. The van der Waals surface area contributed by atoms with Crippen LogP contribution in [-0.4, -0.2) is 10.3 Å². The number of allylic oxidation sites excluding steroid dienone is 6. The van der Waals surface area contributed by atoms with Crippen LogP contribution in [0.5, 0.6) is 0 Å². The van der Waals surface area contributed by atoms with E-state index in [2.05, 4.69) is 132 Å². The van der Waals surface area contributed by atoms with Crippen LogP contribution in [0.15, 0.2) is 150 Å². The molecule has 5 aromatic rings. The topological polar surface area (TPSA) is 44.0 Å². The molecule has 8 rings (SSSR count). The molecule has 0 radical (unpaired) electrons. The Labute approximate surface area is 269 Å². The lowest BCUT2D eigenvalue weighted by atomic mass is 9.76. The maximum absolute atomic E-state index is 8.93. The molecule has 2 heterocycles. The van der Waals surface area contributed by atoms with E-state index < -0.39 is 0 Å². The summed E-state index contributed by atoms with van der Waals surface area (Å²) < 4.78 is 2.29. The first-order valence-electron chi connectivity index (χ1n) is 16.0. The first kappa shape index (κ1) is 27.9. The van der Waals surface area contributed by atoms with Gasteiger partial charge in [-0.15, -0.1) is 0 Å². The van der Waals surface area contributed by atoms with Crippen LogP contribution in [0.2, 0.25) is 0 Å². The molecule has 0 unspecified atom stereocenters. The summed E-state index contributed by atoms with van der Waals surface area (Å²) in [4.78, 5) is 2.44. The van der Waals surface area contributed by atoms with Gasteiger partial charge >= 0.3 is 0 Å². The van der Waals surface area contributed by atoms with Crippen molar-refractivity contribution in [3.05, 3.63) is 167 Å². The molecule has 1 aromatic heterocycles. The maximum atomic E-state index is 8.93. The number of aromatic nitrogens is 1. The van der Waals surface area contributed by atoms with Crippen LogP contribution in [-0.2, 0) is 5.41 Å². The lowest BCUT2D eigenvalue weighted by Gasteiger charge is -2.38. The second kappa shape index (κ2) is 11.1. The lowest BCUT2D eigenvalue weighted by Crippen LogP contribution is -2.33. The number of hydrogen-bond acceptors (Lipinski definition) is 3. The second-order valence-electron chi connectivity index (χ2n) is 12.9. The minimum atomic E-state index is 0.00810. The van der Waals surface area contributed by atoms with Crippen molar-refractivity contribution in [3.63, 3.8) is 0 Å². The number of rotatable bonds is 4. The van der Waals surface area contributed by atoms with E-state index in [-0.39, 0.29) is 5.41 Å². The summed E-state index contributed by atoms with van der Waals surface area (Å²) in [7, 11) is 0. The fourth-order valence-electron chi connectivity index (χ4n) is 7.22. The fourth-order valence-corrected chi connectivity index (χ4v) is 7.22. The van der Waals surface area contributed by atoms with Crippen molar-refractivity contribution in [2.75, 3.05) is 10.2 Å². The highest BCUT2D eigenvalue weighted by Gasteiger charge is 2.32. The molecular formula is C42H36N4. The van der Waals surface area contributed by atoms with Crippen molar-refractivity contribution >= 4 is 45.8 Å². The highest BCUT2D eigenvalue weighted by atomic mass is 15.2. The summed E-state index contributed by atoms with van der Waals surface area (Å²) in [5.41, 5.74) is 11.0. The van der Waals surface area contributed by atoms with Crippen molar-refractivity contribution in [1.29, 1.82) is 5.41 Å². The standard InChI is InChI=1S/C42H36N4/c1-42(2)27-29-12-6-7-15-34(24-29)45(40-19-11-9-17-37(40)42)32-20-22-33(23-21-32)46-39-18-10-8-16-35(39)36-25-30(38(43)26-41(36)46)28-44-31-13-4-3-5-14-31/h3-23,25-26,28,43-44H,24,27H2,1-2H3/b30-28-,43-38?. The molecule has 0 fully saturated rings. The Morgan fingerprint density at radius 1 is 0.761 bits per heavy atom. The molecular weight excluding hydrogens is 560 g/mol. The molecule has 0 amide bonds. The summed E-state index contributed by atoms with van der Waals surface area (Å²) in [6.45, 7) is 4.72. The predicted octanol–water partition coefficient (Wildman–Crippen LogP) is 8.81. The minimum absolute atomic E-state index is 0.00810. The third-order valence-corrected chi connectivity index (χ3v) is 9.35. The normalized spacial score (nSPS) is 17.5. The number of benzene rings is 4. The van der Waals surface area contributed by atoms with Crippen LogP contribution in [0.1, 0.15) is 32.3 Å². The van der Waals surface area contributed by atoms with Gasteiger partial charge in [0.1, 0.15) is 0 Å². The van der Waals surface area contributed by atoms with E-state index in [0.717, 1.165) is 51.6 Å². The molecule has 4 aromatic carbocycles. The Morgan fingerprint density at radius 2 is 1.48 bits per heavy atom. The quantitative estimate of drug-likeness (QED) is 0.218. The molecule has 2 bridgehead atoms. The van der Waals surface area contributed by atoms with Crippen LogP contribution >= 0.6 is 0 Å². The number of nitrogens with zero attached hydrogens (tertiary/aromatic N) is 2. The Bertz CT molecular complexity index is 2260. The summed E-state index contributed by atoms with van der Waals surface area (Å²) in [6.07, 6.45) is 16.9. The van der Waals surface area contributed by atoms with Crippen molar-refractivity contribution in [2.24, 2.45) is 0 Å². The van der Waals surface area contributed by atoms with Gasteiger partial charge < -0.3 is 20.2 Å². The summed E-state index contributed by atoms with van der Waals surface area (Å²) >= 11 is 0. The fraction of sp³-hybridized carbons (Fsp3) is 0.119. The van der Waals surface area contributed by atoms with Crippen LogP contribution in [0.4, 0.5) is 17.1 Å². The highest BCUT2D eigenvalue weighted by Crippen LogP contribution is 2.45. The summed E-state index contributed by atoms with van der Waals surface area (Å²) in [5, 5.41) is 15.6. The molecule has 46 heavy (non-hydrogen) atoms. The van der Waals surface area contributed by atoms with E-state index in [1.807, 2.05) is 42.6 Å². The lowest BCUT2D eigenvalue weighted by molar-refractivity contribution is 0.510. The number of para-hydroxylation sites is 3. The zero-order valence-corrected chi connectivity index (χ0v) is 26.2. The van der Waals surface area contributed by atoms with E-state index in [4.69, 9.17) is 5.41 Å². The minimum Gasteiger partial charge on any atom is -0.361 e. The van der Waals surface area contributed by atoms with Gasteiger partial charge in [-0.2, -0.15) is 0 Å². The summed E-state index contributed by atoms with van der Waals surface area (Å²) in [6, 6.07) is 36.4. The maximum Gasteiger partial charge on any atom is 0.0648 e. The van der Waals surface area contributed by atoms with Gasteiger partial charge in [0.15, 0.2) is 0 Å². The van der Waals surface area contributed by atoms with Crippen LogP contribution in [0.3, 0.4) is 0 Å². The van der Waals surface area contributed by atoms with Gasteiger partial charge in [0.05, 0.1) is 16.6 Å².